The molecule has 1 aromatic carbocycles. The van der Waals surface area contributed by atoms with E-state index in [-0.39, 0.29) is 12.2 Å². The number of rotatable bonds is 5. The number of carbonyl (C=O) groups is 1. The molecule has 0 unspecified atom stereocenters. The maximum Gasteiger partial charge on any atom is 0.510 e. The Morgan fingerprint density at radius 2 is 2.21 bits per heavy atom. The molecule has 0 amide bonds. The smallest absolute Gasteiger partial charge is 0.501 e. The lowest BCUT2D eigenvalue weighted by atomic mass is 10.1. The SMILES string of the molecule is C=CCOc1ccccc1/C(O)=C(\[N+]#N)C(=O)OC. The lowest BCUT2D eigenvalue weighted by Crippen LogP contribution is -2.06. The molecule has 0 aromatic heterocycles. The molecule has 0 bridgehead atoms. The van der Waals surface area contributed by atoms with Crippen LogP contribution in [0.25, 0.3) is 10.7 Å². The molecular formula is C13H13N2O4+. The van der Waals surface area contributed by atoms with Crippen LogP contribution < -0.4 is 4.74 Å². The number of hydrogen-bond donors (Lipinski definition) is 1. The standard InChI is InChI=1S/C13H12N2O4/c1-3-8-19-10-7-5-4-6-9(10)12(16)11(15-14)13(17)18-2/h3-7H,1,8H2,2H3/p+1. The number of benzene rings is 1. The number of diazo groups is 1. The molecule has 6 nitrogen and oxygen atoms in total. The Hall–Kier alpha value is -2.81. The van der Waals surface area contributed by atoms with Crippen molar-refractivity contribution in [2.45, 2.75) is 0 Å². The Kier molecular flexibility index (Phi) is 5.11. The molecule has 6 heteroatoms. The predicted octanol–water partition coefficient (Wildman–Crippen LogP) is 2.50. The number of esters is 1. The van der Waals surface area contributed by atoms with Crippen molar-refractivity contribution in [1.29, 1.82) is 5.39 Å². The minimum absolute atomic E-state index is 0.211. The third-order valence-electron chi connectivity index (χ3n) is 2.20. The second-order valence-electron chi connectivity index (χ2n) is 3.38. The molecule has 0 saturated heterocycles. The summed E-state index contributed by atoms with van der Waals surface area (Å²) in [6.07, 6.45) is 1.54. The van der Waals surface area contributed by atoms with E-state index in [1.807, 2.05) is 0 Å². The lowest BCUT2D eigenvalue weighted by Gasteiger charge is -2.07. The normalized spacial score (nSPS) is 10.9. The molecule has 0 aliphatic carbocycles. The molecule has 0 atom stereocenters. The molecule has 0 spiro atoms. The van der Waals surface area contributed by atoms with E-state index in [1.54, 1.807) is 18.2 Å². The van der Waals surface area contributed by atoms with Crippen molar-refractivity contribution in [3.63, 3.8) is 0 Å². The van der Waals surface area contributed by atoms with Gasteiger partial charge >= 0.3 is 11.7 Å². The van der Waals surface area contributed by atoms with Crippen molar-refractivity contribution in [1.82, 2.24) is 0 Å². The summed E-state index contributed by atoms with van der Waals surface area (Å²) in [6.45, 7) is 3.74. The number of aliphatic hydroxyl groups is 1. The first-order valence-electron chi connectivity index (χ1n) is 5.35. The van der Waals surface area contributed by atoms with Gasteiger partial charge in [-0.2, -0.15) is 0 Å². The number of carbonyl (C=O) groups excluding carboxylic acids is 1. The van der Waals surface area contributed by atoms with Crippen LogP contribution >= 0.6 is 0 Å². The summed E-state index contributed by atoms with van der Waals surface area (Å²) in [7, 11) is 1.11. The van der Waals surface area contributed by atoms with E-state index in [0.29, 0.717) is 5.75 Å². The number of ether oxygens (including phenoxy) is 2. The highest BCUT2D eigenvalue weighted by molar-refractivity contribution is 5.98. The maximum atomic E-state index is 11.3. The van der Waals surface area contributed by atoms with Gasteiger partial charge in [0.2, 0.25) is 11.2 Å². The summed E-state index contributed by atoms with van der Waals surface area (Å²) in [5.74, 6) is -1.17. The van der Waals surface area contributed by atoms with Gasteiger partial charge in [-0.1, -0.05) is 24.8 Å². The number of para-hydroxylation sites is 1. The van der Waals surface area contributed by atoms with Crippen LogP contribution in [-0.4, -0.2) is 24.8 Å². The Balaban J connectivity index is 3.28. The topological polar surface area (TPSA) is 83.9 Å². The summed E-state index contributed by atoms with van der Waals surface area (Å²) in [4.78, 5) is 14.1. The van der Waals surface area contributed by atoms with Gasteiger partial charge in [-0.3, -0.25) is 0 Å². The molecule has 0 saturated carbocycles. The fraction of sp³-hybridized carbons (Fsp3) is 0.154. The Labute approximate surface area is 110 Å². The minimum atomic E-state index is -0.960. The van der Waals surface area contributed by atoms with Gasteiger partial charge in [0.05, 0.1) is 12.7 Å². The fourth-order valence-corrected chi connectivity index (χ4v) is 1.35. The highest BCUT2D eigenvalue weighted by atomic mass is 16.5. The summed E-state index contributed by atoms with van der Waals surface area (Å²) >= 11 is 0. The van der Waals surface area contributed by atoms with Crippen LogP contribution in [0.1, 0.15) is 5.56 Å². The summed E-state index contributed by atoms with van der Waals surface area (Å²) in [5, 5.41) is 18.8. The van der Waals surface area contributed by atoms with E-state index in [4.69, 9.17) is 10.1 Å². The van der Waals surface area contributed by atoms with Gasteiger partial charge in [-0.05, 0) is 12.1 Å². The highest BCUT2D eigenvalue weighted by Crippen LogP contribution is 2.27. The number of hydrogen-bond acceptors (Lipinski definition) is 5. The van der Waals surface area contributed by atoms with Crippen LogP contribution in [0.3, 0.4) is 0 Å². The molecule has 0 radical (unpaired) electrons. The van der Waals surface area contributed by atoms with Crippen LogP contribution in [0, 0.1) is 5.39 Å². The van der Waals surface area contributed by atoms with Crippen molar-refractivity contribution in [3.05, 3.63) is 53.2 Å². The van der Waals surface area contributed by atoms with Gasteiger partial charge < -0.3 is 14.6 Å². The number of aliphatic hydroxyl groups excluding tert-OH is 1. The monoisotopic (exact) mass is 261 g/mol. The van der Waals surface area contributed by atoms with Gasteiger partial charge in [0.25, 0.3) is 0 Å². The molecule has 0 aliphatic rings. The van der Waals surface area contributed by atoms with Gasteiger partial charge in [0.1, 0.15) is 12.4 Å². The van der Waals surface area contributed by atoms with Crippen LogP contribution in [0.15, 0.2) is 42.6 Å². The van der Waals surface area contributed by atoms with E-state index in [9.17, 15) is 9.90 Å². The molecule has 1 aromatic rings. The van der Waals surface area contributed by atoms with Gasteiger partial charge in [0.15, 0.2) is 4.98 Å². The summed E-state index contributed by atoms with van der Waals surface area (Å²) < 4.78 is 9.73. The molecule has 0 heterocycles. The first-order valence-corrected chi connectivity index (χ1v) is 5.35. The second kappa shape index (κ2) is 6.81. The van der Waals surface area contributed by atoms with E-state index in [2.05, 4.69) is 16.3 Å². The zero-order chi connectivity index (χ0) is 14.3. The molecule has 98 valence electrons. The van der Waals surface area contributed by atoms with E-state index in [1.165, 1.54) is 12.1 Å². The Morgan fingerprint density at radius 3 is 2.79 bits per heavy atom. The average molecular weight is 261 g/mol. The molecule has 0 fully saturated rings. The minimum Gasteiger partial charge on any atom is -0.501 e. The zero-order valence-electron chi connectivity index (χ0n) is 10.4. The zero-order valence-corrected chi connectivity index (χ0v) is 10.4. The van der Waals surface area contributed by atoms with Crippen molar-refractivity contribution >= 4 is 11.7 Å². The van der Waals surface area contributed by atoms with Crippen LogP contribution in [0.5, 0.6) is 5.75 Å². The summed E-state index contributed by atoms with van der Waals surface area (Å²) in [6, 6.07) is 6.45. The Morgan fingerprint density at radius 1 is 1.53 bits per heavy atom. The van der Waals surface area contributed by atoms with Crippen molar-refractivity contribution < 1.29 is 19.4 Å². The first kappa shape index (κ1) is 14.3. The fourth-order valence-electron chi connectivity index (χ4n) is 1.35. The Bertz CT molecular complexity index is 558. The number of methoxy groups -OCH3 is 1. The van der Waals surface area contributed by atoms with E-state index in [0.717, 1.165) is 7.11 Å². The third-order valence-corrected chi connectivity index (χ3v) is 2.20. The molecule has 1 N–H and O–H groups in total. The third kappa shape index (κ3) is 3.33. The molecule has 0 aliphatic heterocycles. The quantitative estimate of drug-likeness (QED) is 0.289. The van der Waals surface area contributed by atoms with Crippen molar-refractivity contribution in [2.75, 3.05) is 13.7 Å². The van der Waals surface area contributed by atoms with E-state index < -0.39 is 17.4 Å². The van der Waals surface area contributed by atoms with Crippen LogP contribution in [0.4, 0.5) is 0 Å². The van der Waals surface area contributed by atoms with Crippen LogP contribution in [0.2, 0.25) is 0 Å². The van der Waals surface area contributed by atoms with E-state index >= 15 is 0 Å². The highest BCUT2D eigenvalue weighted by Gasteiger charge is 2.32. The molecule has 19 heavy (non-hydrogen) atoms. The predicted molar refractivity (Wildman–Crippen MR) is 68.8 cm³/mol. The first-order chi connectivity index (χ1) is 9.15. The summed E-state index contributed by atoms with van der Waals surface area (Å²) in [5.41, 5.74) is -0.389. The second-order valence-corrected chi connectivity index (χ2v) is 3.38. The largest absolute Gasteiger partial charge is 0.510 e. The number of nitrogens with zero attached hydrogens (tertiary/aromatic N) is 2. The maximum absolute atomic E-state index is 11.3. The molecule has 1 rings (SSSR count). The van der Waals surface area contributed by atoms with Gasteiger partial charge in [0, 0.05) is 0 Å². The van der Waals surface area contributed by atoms with Crippen LogP contribution in [-0.2, 0) is 9.53 Å². The van der Waals surface area contributed by atoms with Gasteiger partial charge in [-0.15, -0.1) is 0 Å². The molecular weight excluding hydrogens is 248 g/mol. The van der Waals surface area contributed by atoms with Gasteiger partial charge in [-0.25, -0.2) is 4.79 Å². The lowest BCUT2D eigenvalue weighted by molar-refractivity contribution is -0.135. The average Bonchev–Trinajstić information content (AvgIpc) is 2.45. The van der Waals surface area contributed by atoms with Crippen molar-refractivity contribution in [2.24, 2.45) is 0 Å². The van der Waals surface area contributed by atoms with Crippen molar-refractivity contribution in [3.8, 4) is 5.75 Å².